The van der Waals surface area contributed by atoms with E-state index in [0.717, 1.165) is 5.56 Å². The Labute approximate surface area is 107 Å². The first kappa shape index (κ1) is 11.9. The van der Waals surface area contributed by atoms with Gasteiger partial charge in [0.25, 0.3) is 5.91 Å². The number of nitrogens with one attached hydrogen (secondary N) is 1. The summed E-state index contributed by atoms with van der Waals surface area (Å²) in [4.78, 5) is 16.3. The number of carbonyl (C=O) groups is 1. The van der Waals surface area contributed by atoms with Crippen molar-refractivity contribution in [2.24, 2.45) is 0 Å². The fraction of sp³-hybridized carbons (Fsp3) is 0.0909. The second-order valence-corrected chi connectivity index (χ2v) is 4.77. The Kier molecular flexibility index (Phi) is 3.31. The third-order valence-electron chi connectivity index (χ3n) is 2.17. The van der Waals surface area contributed by atoms with Crippen LogP contribution in [0.2, 0.25) is 5.15 Å². The standard InChI is InChI=1S/C11H10ClN3OS/c1-6-4-7(5-14-10(6)12)15-11(16)9-8(13)2-3-17-9/h2-5H,13H2,1H3,(H,15,16). The lowest BCUT2D eigenvalue weighted by Gasteiger charge is -2.05. The zero-order chi connectivity index (χ0) is 12.4. The molecular weight excluding hydrogens is 258 g/mol. The number of pyridine rings is 1. The van der Waals surface area contributed by atoms with Gasteiger partial charge in [-0.05, 0) is 30.0 Å². The van der Waals surface area contributed by atoms with Crippen molar-refractivity contribution >= 4 is 40.2 Å². The molecule has 3 N–H and O–H groups in total. The maximum Gasteiger partial charge on any atom is 0.267 e. The van der Waals surface area contributed by atoms with E-state index >= 15 is 0 Å². The van der Waals surface area contributed by atoms with Gasteiger partial charge < -0.3 is 11.1 Å². The number of rotatable bonds is 2. The highest BCUT2D eigenvalue weighted by Gasteiger charge is 2.11. The number of amides is 1. The molecule has 0 atom stereocenters. The van der Waals surface area contributed by atoms with E-state index in [-0.39, 0.29) is 5.91 Å². The van der Waals surface area contributed by atoms with Gasteiger partial charge in [-0.1, -0.05) is 11.6 Å². The van der Waals surface area contributed by atoms with Crippen LogP contribution in [0, 0.1) is 6.92 Å². The Morgan fingerprint density at radius 2 is 2.35 bits per heavy atom. The summed E-state index contributed by atoms with van der Waals surface area (Å²) in [6.45, 7) is 1.82. The molecule has 6 heteroatoms. The summed E-state index contributed by atoms with van der Waals surface area (Å²) >= 11 is 7.10. The third-order valence-corrected chi connectivity index (χ3v) is 3.50. The minimum atomic E-state index is -0.235. The van der Waals surface area contributed by atoms with Crippen LogP contribution in [-0.4, -0.2) is 10.9 Å². The Balaban J connectivity index is 2.19. The van der Waals surface area contributed by atoms with E-state index in [1.54, 1.807) is 17.5 Å². The van der Waals surface area contributed by atoms with Crippen molar-refractivity contribution in [1.29, 1.82) is 0 Å². The van der Waals surface area contributed by atoms with E-state index < -0.39 is 0 Å². The normalized spacial score (nSPS) is 10.2. The van der Waals surface area contributed by atoms with Crippen LogP contribution in [-0.2, 0) is 0 Å². The molecule has 0 saturated carbocycles. The number of nitrogen functional groups attached to an aromatic ring is 1. The molecule has 0 saturated heterocycles. The van der Waals surface area contributed by atoms with Crippen molar-refractivity contribution in [2.75, 3.05) is 11.1 Å². The Morgan fingerprint density at radius 1 is 1.59 bits per heavy atom. The number of carbonyl (C=O) groups excluding carboxylic acids is 1. The predicted octanol–water partition coefficient (Wildman–Crippen LogP) is 2.94. The van der Waals surface area contributed by atoms with Crippen molar-refractivity contribution in [3.63, 3.8) is 0 Å². The molecule has 2 heterocycles. The largest absolute Gasteiger partial charge is 0.397 e. The summed E-state index contributed by atoms with van der Waals surface area (Å²) in [5, 5.41) is 4.93. The average Bonchev–Trinajstić information content (AvgIpc) is 2.70. The number of aromatic nitrogens is 1. The number of hydrogen-bond acceptors (Lipinski definition) is 4. The van der Waals surface area contributed by atoms with Crippen LogP contribution in [0.1, 0.15) is 15.2 Å². The van der Waals surface area contributed by atoms with Crippen molar-refractivity contribution in [2.45, 2.75) is 6.92 Å². The van der Waals surface area contributed by atoms with Gasteiger partial charge in [0.2, 0.25) is 0 Å². The lowest BCUT2D eigenvalue weighted by Crippen LogP contribution is -2.12. The third kappa shape index (κ3) is 2.57. The van der Waals surface area contributed by atoms with Gasteiger partial charge in [-0.3, -0.25) is 4.79 Å². The molecule has 0 aromatic carbocycles. The summed E-state index contributed by atoms with van der Waals surface area (Å²) in [7, 11) is 0. The minimum absolute atomic E-state index is 0.235. The van der Waals surface area contributed by atoms with Crippen LogP contribution >= 0.6 is 22.9 Å². The second kappa shape index (κ2) is 4.73. The number of nitrogens with zero attached hydrogens (tertiary/aromatic N) is 1. The molecule has 0 aliphatic carbocycles. The number of anilines is 2. The first-order valence-corrected chi connectivity index (χ1v) is 6.10. The monoisotopic (exact) mass is 267 g/mol. The molecular formula is C11H10ClN3OS. The van der Waals surface area contributed by atoms with Crippen molar-refractivity contribution in [1.82, 2.24) is 4.98 Å². The number of aryl methyl sites for hydroxylation is 1. The number of thiophene rings is 1. The SMILES string of the molecule is Cc1cc(NC(=O)c2sccc2N)cnc1Cl. The molecule has 1 amide bonds. The van der Waals surface area contributed by atoms with Gasteiger partial charge in [0, 0.05) is 0 Å². The van der Waals surface area contributed by atoms with E-state index in [4.69, 9.17) is 17.3 Å². The van der Waals surface area contributed by atoms with E-state index in [1.165, 1.54) is 17.5 Å². The summed E-state index contributed by atoms with van der Waals surface area (Å²) in [5.41, 5.74) is 7.55. The van der Waals surface area contributed by atoms with Crippen molar-refractivity contribution in [3.8, 4) is 0 Å². The maximum atomic E-state index is 11.9. The predicted molar refractivity (Wildman–Crippen MR) is 70.7 cm³/mol. The van der Waals surface area contributed by atoms with E-state index in [9.17, 15) is 4.79 Å². The highest BCUT2D eigenvalue weighted by atomic mass is 35.5. The van der Waals surface area contributed by atoms with Gasteiger partial charge in [0.15, 0.2) is 0 Å². The molecule has 4 nitrogen and oxygen atoms in total. The molecule has 0 aliphatic rings. The van der Waals surface area contributed by atoms with Gasteiger partial charge in [-0.2, -0.15) is 0 Å². The van der Waals surface area contributed by atoms with Crippen LogP contribution < -0.4 is 11.1 Å². The van der Waals surface area contributed by atoms with Crippen LogP contribution in [0.25, 0.3) is 0 Å². The van der Waals surface area contributed by atoms with Crippen molar-refractivity contribution in [3.05, 3.63) is 39.3 Å². The van der Waals surface area contributed by atoms with Gasteiger partial charge >= 0.3 is 0 Å². The number of nitrogens with two attached hydrogens (primary N) is 1. The van der Waals surface area contributed by atoms with Crippen molar-refractivity contribution < 1.29 is 4.79 Å². The smallest absolute Gasteiger partial charge is 0.267 e. The minimum Gasteiger partial charge on any atom is -0.397 e. The first-order chi connectivity index (χ1) is 8.08. The lowest BCUT2D eigenvalue weighted by molar-refractivity contribution is 0.103. The van der Waals surface area contributed by atoms with Gasteiger partial charge in [-0.25, -0.2) is 4.98 Å². The van der Waals surface area contributed by atoms with Crippen LogP contribution in [0.3, 0.4) is 0 Å². The topological polar surface area (TPSA) is 68.0 Å². The summed E-state index contributed by atoms with van der Waals surface area (Å²) in [6, 6.07) is 3.46. The molecule has 88 valence electrons. The molecule has 0 unspecified atom stereocenters. The van der Waals surface area contributed by atoms with Gasteiger partial charge in [-0.15, -0.1) is 11.3 Å². The molecule has 0 fully saturated rings. The summed E-state index contributed by atoms with van der Waals surface area (Å²) in [5.74, 6) is -0.235. The highest BCUT2D eigenvalue weighted by Crippen LogP contribution is 2.21. The average molecular weight is 268 g/mol. The van der Waals surface area contributed by atoms with Gasteiger partial charge in [0.1, 0.15) is 10.0 Å². The molecule has 0 radical (unpaired) electrons. The summed E-state index contributed by atoms with van der Waals surface area (Å²) in [6.07, 6.45) is 1.51. The fourth-order valence-corrected chi connectivity index (χ4v) is 2.13. The van der Waals surface area contributed by atoms with E-state index in [2.05, 4.69) is 10.3 Å². The molecule has 0 bridgehead atoms. The number of hydrogen-bond donors (Lipinski definition) is 2. The van der Waals surface area contributed by atoms with Crippen LogP contribution in [0.15, 0.2) is 23.7 Å². The zero-order valence-electron chi connectivity index (χ0n) is 9.03. The van der Waals surface area contributed by atoms with E-state index in [1.807, 2.05) is 6.92 Å². The first-order valence-electron chi connectivity index (χ1n) is 4.84. The molecule has 0 spiro atoms. The lowest BCUT2D eigenvalue weighted by atomic mass is 10.3. The fourth-order valence-electron chi connectivity index (χ4n) is 1.32. The Bertz CT molecular complexity index is 568. The van der Waals surface area contributed by atoms with Crippen LogP contribution in [0.5, 0.6) is 0 Å². The Hall–Kier alpha value is -1.59. The Morgan fingerprint density at radius 3 is 2.94 bits per heavy atom. The molecule has 2 aromatic rings. The zero-order valence-corrected chi connectivity index (χ0v) is 10.6. The van der Waals surface area contributed by atoms with Gasteiger partial charge in [0.05, 0.1) is 17.6 Å². The maximum absolute atomic E-state index is 11.9. The number of halogens is 1. The molecule has 2 rings (SSSR count). The highest BCUT2D eigenvalue weighted by molar-refractivity contribution is 7.12. The van der Waals surface area contributed by atoms with Crippen LogP contribution in [0.4, 0.5) is 11.4 Å². The summed E-state index contributed by atoms with van der Waals surface area (Å²) < 4.78 is 0. The molecule has 0 aliphatic heterocycles. The second-order valence-electron chi connectivity index (χ2n) is 3.49. The molecule has 17 heavy (non-hydrogen) atoms. The van der Waals surface area contributed by atoms with E-state index in [0.29, 0.717) is 21.4 Å². The molecule has 2 aromatic heterocycles. The quantitative estimate of drug-likeness (QED) is 0.822.